The zero-order valence-corrected chi connectivity index (χ0v) is 14.9. The number of amides is 1. The summed E-state index contributed by atoms with van der Waals surface area (Å²) in [6.45, 7) is 2.20. The van der Waals surface area contributed by atoms with Gasteiger partial charge in [0.05, 0.1) is 15.8 Å². The molecule has 0 saturated carbocycles. The number of halogens is 4. The molecule has 0 spiro atoms. The minimum Gasteiger partial charge on any atom is -0.351 e. The number of rotatable bonds is 6. The molecule has 1 amide bonds. The first-order chi connectivity index (χ1) is 11.8. The lowest BCUT2D eigenvalue weighted by Gasteiger charge is -2.15. The molecule has 0 radical (unpaired) electrons. The number of nitrogens with zero attached hydrogens (tertiary/aromatic N) is 1. The van der Waals surface area contributed by atoms with E-state index in [1.165, 1.54) is 0 Å². The van der Waals surface area contributed by atoms with Gasteiger partial charge in [-0.2, -0.15) is 13.2 Å². The van der Waals surface area contributed by atoms with Crippen LogP contribution in [-0.4, -0.2) is 16.1 Å². The molecule has 0 saturated heterocycles. The summed E-state index contributed by atoms with van der Waals surface area (Å²) in [6, 6.07) is 10.2. The van der Waals surface area contributed by atoms with E-state index in [0.29, 0.717) is 13.0 Å². The zero-order valence-electron chi connectivity index (χ0n) is 13.3. The average Bonchev–Trinajstić information content (AvgIpc) is 2.58. The van der Waals surface area contributed by atoms with Crippen LogP contribution in [0.5, 0.6) is 0 Å². The number of hydrogen-bond donors (Lipinski definition) is 1. The lowest BCUT2D eigenvalue weighted by molar-refractivity contribution is -0.137. The van der Waals surface area contributed by atoms with Crippen molar-refractivity contribution in [3.8, 4) is 0 Å². The Kier molecular flexibility index (Phi) is 6.72. The molecule has 2 rings (SSSR count). The normalized spacial score (nSPS) is 12.7. The van der Waals surface area contributed by atoms with Crippen LogP contribution in [0.3, 0.4) is 0 Å². The number of pyridine rings is 1. The smallest absolute Gasteiger partial charge is 0.351 e. The number of carbonyl (C=O) groups is 1. The fourth-order valence-electron chi connectivity index (χ4n) is 2.02. The van der Waals surface area contributed by atoms with E-state index in [0.717, 1.165) is 29.6 Å². The van der Waals surface area contributed by atoms with Crippen molar-refractivity contribution in [2.45, 2.75) is 36.3 Å². The van der Waals surface area contributed by atoms with Crippen molar-refractivity contribution < 1.29 is 18.0 Å². The Morgan fingerprint density at radius 1 is 1.32 bits per heavy atom. The van der Waals surface area contributed by atoms with Crippen molar-refractivity contribution in [3.05, 3.63) is 58.7 Å². The number of carbonyl (C=O) groups excluding carboxylic acids is 1. The Bertz CT molecular complexity index is 726. The standard InChI is InChI=1S/C17H16ClF3N2OS/c1-2-14(15(24)22-9-11-6-4-3-5-7-11)25-16-13(18)8-12(10-23-16)17(19,20)21/h3-8,10,14H,2,9H2,1H3,(H,22,24). The number of nitrogens with one attached hydrogen (secondary N) is 1. The first-order valence-electron chi connectivity index (χ1n) is 7.52. The van der Waals surface area contributed by atoms with E-state index in [-0.39, 0.29) is 16.0 Å². The van der Waals surface area contributed by atoms with Crippen LogP contribution in [0.15, 0.2) is 47.6 Å². The molecule has 0 aliphatic heterocycles. The van der Waals surface area contributed by atoms with Gasteiger partial charge in [0, 0.05) is 12.7 Å². The SMILES string of the molecule is CCC(Sc1ncc(C(F)(F)F)cc1Cl)C(=O)NCc1ccccc1. The highest BCUT2D eigenvalue weighted by Crippen LogP contribution is 2.35. The number of aromatic nitrogens is 1. The molecule has 8 heteroatoms. The molecule has 1 aromatic heterocycles. The van der Waals surface area contributed by atoms with Gasteiger partial charge in [-0.1, -0.05) is 60.6 Å². The molecule has 134 valence electrons. The van der Waals surface area contributed by atoms with E-state index in [1.54, 1.807) is 0 Å². The molecule has 0 fully saturated rings. The first kappa shape index (κ1) is 19.6. The predicted molar refractivity (Wildman–Crippen MR) is 92.5 cm³/mol. The fraction of sp³-hybridized carbons (Fsp3) is 0.294. The van der Waals surface area contributed by atoms with Gasteiger partial charge in [-0.15, -0.1) is 0 Å². The number of hydrogen-bond acceptors (Lipinski definition) is 3. The summed E-state index contributed by atoms with van der Waals surface area (Å²) in [5.41, 5.74) is 0.0461. The number of alkyl halides is 3. The molecule has 0 bridgehead atoms. The third kappa shape index (κ3) is 5.64. The fourth-order valence-corrected chi connectivity index (χ4v) is 3.23. The summed E-state index contributed by atoms with van der Waals surface area (Å²) in [4.78, 5) is 16.1. The van der Waals surface area contributed by atoms with Gasteiger partial charge in [-0.25, -0.2) is 4.98 Å². The second-order valence-corrected chi connectivity index (χ2v) is 6.83. The Morgan fingerprint density at radius 2 is 2.00 bits per heavy atom. The molecule has 1 unspecified atom stereocenters. The van der Waals surface area contributed by atoms with Crippen LogP contribution < -0.4 is 5.32 Å². The van der Waals surface area contributed by atoms with Crippen molar-refractivity contribution in [2.24, 2.45) is 0 Å². The minimum atomic E-state index is -4.50. The average molecular weight is 389 g/mol. The van der Waals surface area contributed by atoms with Crippen LogP contribution in [0.4, 0.5) is 13.2 Å². The van der Waals surface area contributed by atoms with E-state index in [4.69, 9.17) is 11.6 Å². The Labute approximate surface area is 153 Å². The van der Waals surface area contributed by atoms with Gasteiger partial charge in [0.2, 0.25) is 5.91 Å². The minimum absolute atomic E-state index is 0.117. The third-order valence-corrected chi connectivity index (χ3v) is 5.14. The van der Waals surface area contributed by atoms with Crippen molar-refractivity contribution in [3.63, 3.8) is 0 Å². The van der Waals surface area contributed by atoms with Crippen LogP contribution in [-0.2, 0) is 17.5 Å². The molecule has 0 aliphatic carbocycles. The molecule has 25 heavy (non-hydrogen) atoms. The van der Waals surface area contributed by atoms with Gasteiger partial charge in [-0.3, -0.25) is 4.79 Å². The molecular formula is C17H16ClF3N2OS. The molecular weight excluding hydrogens is 373 g/mol. The highest BCUT2D eigenvalue weighted by molar-refractivity contribution is 8.00. The van der Waals surface area contributed by atoms with E-state index in [2.05, 4.69) is 10.3 Å². The third-order valence-electron chi connectivity index (χ3n) is 3.36. The molecule has 0 aliphatic rings. The lowest BCUT2D eigenvalue weighted by atomic mass is 10.2. The Balaban J connectivity index is 2.02. The Morgan fingerprint density at radius 3 is 2.56 bits per heavy atom. The molecule has 1 aromatic carbocycles. The quantitative estimate of drug-likeness (QED) is 0.712. The van der Waals surface area contributed by atoms with Crippen LogP contribution in [0.25, 0.3) is 0 Å². The van der Waals surface area contributed by atoms with E-state index < -0.39 is 17.0 Å². The molecule has 2 aromatic rings. The van der Waals surface area contributed by atoms with Crippen LogP contribution >= 0.6 is 23.4 Å². The van der Waals surface area contributed by atoms with Crippen molar-refractivity contribution >= 4 is 29.3 Å². The van der Waals surface area contributed by atoms with Gasteiger partial charge in [0.25, 0.3) is 0 Å². The summed E-state index contributed by atoms with van der Waals surface area (Å²) in [7, 11) is 0. The molecule has 1 N–H and O–H groups in total. The van der Waals surface area contributed by atoms with E-state index >= 15 is 0 Å². The van der Waals surface area contributed by atoms with E-state index in [1.807, 2.05) is 37.3 Å². The first-order valence-corrected chi connectivity index (χ1v) is 8.78. The van der Waals surface area contributed by atoms with Crippen LogP contribution in [0.2, 0.25) is 5.02 Å². The largest absolute Gasteiger partial charge is 0.417 e. The van der Waals surface area contributed by atoms with Crippen LogP contribution in [0.1, 0.15) is 24.5 Å². The highest BCUT2D eigenvalue weighted by atomic mass is 35.5. The molecule has 1 atom stereocenters. The van der Waals surface area contributed by atoms with Crippen molar-refractivity contribution in [1.29, 1.82) is 0 Å². The van der Waals surface area contributed by atoms with Gasteiger partial charge < -0.3 is 5.32 Å². The van der Waals surface area contributed by atoms with Gasteiger partial charge in [0.15, 0.2) is 0 Å². The monoisotopic (exact) mass is 388 g/mol. The highest BCUT2D eigenvalue weighted by Gasteiger charge is 2.32. The summed E-state index contributed by atoms with van der Waals surface area (Å²) in [5.74, 6) is -0.214. The summed E-state index contributed by atoms with van der Waals surface area (Å²) in [6.07, 6.45) is -3.29. The van der Waals surface area contributed by atoms with Gasteiger partial charge >= 0.3 is 6.18 Å². The lowest BCUT2D eigenvalue weighted by Crippen LogP contribution is -2.32. The van der Waals surface area contributed by atoms with Crippen molar-refractivity contribution in [2.75, 3.05) is 0 Å². The Hall–Kier alpha value is -1.73. The maximum Gasteiger partial charge on any atom is 0.417 e. The zero-order chi connectivity index (χ0) is 18.4. The topological polar surface area (TPSA) is 42.0 Å². The summed E-state index contributed by atoms with van der Waals surface area (Å²) in [5, 5.41) is 2.41. The summed E-state index contributed by atoms with van der Waals surface area (Å²) >= 11 is 6.95. The van der Waals surface area contributed by atoms with Crippen molar-refractivity contribution in [1.82, 2.24) is 10.3 Å². The van der Waals surface area contributed by atoms with Crippen LogP contribution in [0, 0.1) is 0 Å². The number of thioether (sulfide) groups is 1. The van der Waals surface area contributed by atoms with Gasteiger partial charge in [0.1, 0.15) is 5.03 Å². The van der Waals surface area contributed by atoms with E-state index in [9.17, 15) is 18.0 Å². The second-order valence-electron chi connectivity index (χ2n) is 5.23. The molecule has 3 nitrogen and oxygen atoms in total. The molecule has 1 heterocycles. The number of benzene rings is 1. The maximum absolute atomic E-state index is 12.6. The second kappa shape index (κ2) is 8.58. The predicted octanol–water partition coefficient (Wildman–Crippen LogP) is 4.94. The summed E-state index contributed by atoms with van der Waals surface area (Å²) < 4.78 is 37.9. The maximum atomic E-state index is 12.6. The van der Waals surface area contributed by atoms with Gasteiger partial charge in [-0.05, 0) is 18.1 Å².